The van der Waals surface area contributed by atoms with Crippen LogP contribution in [0.5, 0.6) is 5.88 Å². The van der Waals surface area contributed by atoms with E-state index in [1.54, 1.807) is 23.2 Å². The van der Waals surface area contributed by atoms with Crippen LogP contribution in [0.15, 0.2) is 18.3 Å². The number of morpholine rings is 1. The van der Waals surface area contributed by atoms with E-state index in [1.807, 2.05) is 0 Å². The van der Waals surface area contributed by atoms with Crippen molar-refractivity contribution in [2.24, 2.45) is 0 Å². The van der Waals surface area contributed by atoms with E-state index in [0.717, 1.165) is 0 Å². The summed E-state index contributed by atoms with van der Waals surface area (Å²) >= 11 is 0. The van der Waals surface area contributed by atoms with Gasteiger partial charge in [-0.25, -0.2) is 4.98 Å². The first kappa shape index (κ1) is 14.3. The van der Waals surface area contributed by atoms with Crippen molar-refractivity contribution in [2.45, 2.75) is 12.5 Å². The molecule has 0 unspecified atom stereocenters. The van der Waals surface area contributed by atoms with Crippen LogP contribution in [0.1, 0.15) is 16.8 Å². The van der Waals surface area contributed by atoms with Crippen LogP contribution >= 0.6 is 0 Å². The number of carboxylic acids is 1. The van der Waals surface area contributed by atoms with Crippen LogP contribution in [0.2, 0.25) is 0 Å². The molecule has 108 valence electrons. The molecule has 1 saturated heterocycles. The molecule has 0 aromatic carbocycles. The van der Waals surface area contributed by atoms with E-state index in [9.17, 15) is 9.59 Å². The third-order valence-electron chi connectivity index (χ3n) is 3.02. The Hall–Kier alpha value is -2.15. The maximum atomic E-state index is 12.4. The lowest BCUT2D eigenvalue weighted by Crippen LogP contribution is -2.46. The quantitative estimate of drug-likeness (QED) is 0.859. The Bertz CT molecular complexity index is 505. The first-order valence-electron chi connectivity index (χ1n) is 6.23. The Morgan fingerprint density at radius 1 is 1.60 bits per heavy atom. The van der Waals surface area contributed by atoms with Gasteiger partial charge in [0.15, 0.2) is 0 Å². The number of rotatable bonds is 4. The predicted molar refractivity (Wildman–Crippen MR) is 68.7 cm³/mol. The van der Waals surface area contributed by atoms with E-state index in [-0.39, 0.29) is 24.8 Å². The van der Waals surface area contributed by atoms with Crippen molar-refractivity contribution in [3.8, 4) is 5.88 Å². The maximum Gasteiger partial charge on any atom is 0.306 e. The topological polar surface area (TPSA) is 89.0 Å². The minimum atomic E-state index is -0.941. The van der Waals surface area contributed by atoms with Gasteiger partial charge in [0.25, 0.3) is 5.91 Å². The fraction of sp³-hybridized carbons (Fsp3) is 0.462. The summed E-state index contributed by atoms with van der Waals surface area (Å²) in [5.41, 5.74) is 0.367. The monoisotopic (exact) mass is 280 g/mol. The smallest absolute Gasteiger partial charge is 0.306 e. The van der Waals surface area contributed by atoms with Crippen molar-refractivity contribution in [1.29, 1.82) is 0 Å². The summed E-state index contributed by atoms with van der Waals surface area (Å²) in [5.74, 6) is -0.907. The zero-order valence-corrected chi connectivity index (χ0v) is 11.1. The van der Waals surface area contributed by atoms with Gasteiger partial charge < -0.3 is 19.5 Å². The van der Waals surface area contributed by atoms with Crippen LogP contribution in [0, 0.1) is 0 Å². The summed E-state index contributed by atoms with van der Waals surface area (Å²) in [5, 5.41) is 8.78. The zero-order valence-electron chi connectivity index (χ0n) is 11.1. The van der Waals surface area contributed by atoms with Crippen LogP contribution in [0.4, 0.5) is 0 Å². The second-order valence-corrected chi connectivity index (χ2v) is 4.40. The van der Waals surface area contributed by atoms with E-state index in [0.29, 0.717) is 18.7 Å². The molecule has 1 aliphatic rings. The zero-order chi connectivity index (χ0) is 14.5. The molecular formula is C13H16N2O5. The van der Waals surface area contributed by atoms with E-state index in [1.165, 1.54) is 7.11 Å². The first-order chi connectivity index (χ1) is 9.61. The summed E-state index contributed by atoms with van der Waals surface area (Å²) in [7, 11) is 1.45. The number of aliphatic carboxylic acids is 1. The number of aromatic nitrogens is 1. The first-order valence-corrected chi connectivity index (χ1v) is 6.23. The molecule has 1 atom stereocenters. The molecule has 20 heavy (non-hydrogen) atoms. The molecule has 0 saturated carbocycles. The molecule has 0 aliphatic carbocycles. The van der Waals surface area contributed by atoms with E-state index < -0.39 is 12.1 Å². The van der Waals surface area contributed by atoms with Gasteiger partial charge in [0.2, 0.25) is 5.88 Å². The summed E-state index contributed by atoms with van der Waals surface area (Å²) < 4.78 is 10.4. The van der Waals surface area contributed by atoms with Gasteiger partial charge in [0.1, 0.15) is 5.56 Å². The Labute approximate surface area is 116 Å². The normalized spacial score (nSPS) is 18.6. The largest absolute Gasteiger partial charge is 0.481 e. The van der Waals surface area contributed by atoms with Gasteiger partial charge in [-0.15, -0.1) is 0 Å². The lowest BCUT2D eigenvalue weighted by molar-refractivity contribution is -0.141. The molecule has 1 aromatic rings. The number of hydrogen-bond acceptors (Lipinski definition) is 5. The van der Waals surface area contributed by atoms with E-state index >= 15 is 0 Å². The summed E-state index contributed by atoms with van der Waals surface area (Å²) in [6.07, 6.45) is 0.948. The number of pyridine rings is 1. The second kappa shape index (κ2) is 6.33. The Balaban J connectivity index is 2.10. The Kier molecular flexibility index (Phi) is 4.52. The predicted octanol–water partition coefficient (Wildman–Crippen LogP) is 0.406. The summed E-state index contributed by atoms with van der Waals surface area (Å²) in [6.45, 7) is 1.00. The highest BCUT2D eigenvalue weighted by Crippen LogP contribution is 2.18. The fourth-order valence-electron chi connectivity index (χ4n) is 2.11. The molecular weight excluding hydrogens is 264 g/mol. The van der Waals surface area contributed by atoms with Crippen LogP contribution in [-0.4, -0.2) is 59.8 Å². The molecule has 2 rings (SSSR count). The number of methoxy groups -OCH3 is 1. The SMILES string of the molecule is COc1ncccc1C(=O)N1CCO[C@H](CC(=O)O)C1. The standard InChI is InChI=1S/C13H16N2O5/c1-19-12-10(3-2-4-14-12)13(18)15-5-6-20-9(8-15)7-11(16)17/h2-4,9H,5-8H2,1H3,(H,16,17)/t9-/m1/s1. The van der Waals surface area contributed by atoms with Gasteiger partial charge in [-0.3, -0.25) is 9.59 Å². The number of ether oxygens (including phenoxy) is 2. The Morgan fingerprint density at radius 2 is 2.40 bits per heavy atom. The third-order valence-corrected chi connectivity index (χ3v) is 3.02. The fourth-order valence-corrected chi connectivity index (χ4v) is 2.11. The van der Waals surface area contributed by atoms with Crippen LogP contribution in [0.3, 0.4) is 0 Å². The Morgan fingerprint density at radius 3 is 3.10 bits per heavy atom. The van der Waals surface area contributed by atoms with Crippen molar-refractivity contribution in [3.63, 3.8) is 0 Å². The number of nitrogens with zero attached hydrogens (tertiary/aromatic N) is 2. The van der Waals surface area contributed by atoms with Gasteiger partial charge in [-0.05, 0) is 12.1 Å². The molecule has 0 spiro atoms. The average Bonchev–Trinajstić information content (AvgIpc) is 2.46. The highest BCUT2D eigenvalue weighted by molar-refractivity contribution is 5.96. The number of hydrogen-bond donors (Lipinski definition) is 1. The third kappa shape index (κ3) is 3.24. The average molecular weight is 280 g/mol. The van der Waals surface area contributed by atoms with Gasteiger partial charge in [0, 0.05) is 19.3 Å². The van der Waals surface area contributed by atoms with Crippen molar-refractivity contribution in [3.05, 3.63) is 23.9 Å². The highest BCUT2D eigenvalue weighted by Gasteiger charge is 2.28. The maximum absolute atomic E-state index is 12.4. The lowest BCUT2D eigenvalue weighted by Gasteiger charge is -2.32. The molecule has 1 aliphatic heterocycles. The minimum Gasteiger partial charge on any atom is -0.481 e. The van der Waals surface area contributed by atoms with Crippen LogP contribution in [0.25, 0.3) is 0 Å². The van der Waals surface area contributed by atoms with Crippen molar-refractivity contribution in [1.82, 2.24) is 9.88 Å². The molecule has 7 heteroatoms. The minimum absolute atomic E-state index is 0.117. The van der Waals surface area contributed by atoms with Crippen molar-refractivity contribution >= 4 is 11.9 Å². The molecule has 7 nitrogen and oxygen atoms in total. The van der Waals surface area contributed by atoms with Crippen LogP contribution < -0.4 is 4.74 Å². The van der Waals surface area contributed by atoms with Crippen molar-refractivity contribution in [2.75, 3.05) is 26.8 Å². The van der Waals surface area contributed by atoms with Gasteiger partial charge >= 0.3 is 5.97 Å². The van der Waals surface area contributed by atoms with E-state index in [4.69, 9.17) is 14.6 Å². The van der Waals surface area contributed by atoms with E-state index in [2.05, 4.69) is 4.98 Å². The molecule has 1 N–H and O–H groups in total. The molecule has 2 heterocycles. The number of amides is 1. The number of carbonyl (C=O) groups excluding carboxylic acids is 1. The molecule has 1 aromatic heterocycles. The summed E-state index contributed by atoms with van der Waals surface area (Å²) in [4.78, 5) is 28.7. The van der Waals surface area contributed by atoms with Crippen molar-refractivity contribution < 1.29 is 24.2 Å². The van der Waals surface area contributed by atoms with Gasteiger partial charge in [-0.1, -0.05) is 0 Å². The molecule has 0 radical (unpaired) electrons. The second-order valence-electron chi connectivity index (χ2n) is 4.40. The summed E-state index contributed by atoms with van der Waals surface area (Å²) in [6, 6.07) is 3.29. The van der Waals surface area contributed by atoms with Gasteiger partial charge in [0.05, 0.1) is 26.2 Å². The lowest BCUT2D eigenvalue weighted by atomic mass is 10.1. The van der Waals surface area contributed by atoms with Crippen LogP contribution in [-0.2, 0) is 9.53 Å². The van der Waals surface area contributed by atoms with Gasteiger partial charge in [-0.2, -0.15) is 0 Å². The number of carbonyl (C=O) groups is 2. The molecule has 0 bridgehead atoms. The highest BCUT2D eigenvalue weighted by atomic mass is 16.5. The molecule has 1 fully saturated rings. The number of carboxylic acid groups (broad SMARTS) is 1. The molecule has 1 amide bonds.